The molecule has 0 radical (unpaired) electrons. The molecule has 0 fully saturated rings. The van der Waals surface area contributed by atoms with E-state index in [1.165, 1.54) is 0 Å². The molecule has 0 N–H and O–H groups in total. The fourth-order valence-electron chi connectivity index (χ4n) is 0.644. The van der Waals surface area contributed by atoms with E-state index in [0.717, 1.165) is 24.3 Å². The van der Waals surface area contributed by atoms with E-state index in [1.54, 1.807) is 0 Å². The summed E-state index contributed by atoms with van der Waals surface area (Å²) in [5.74, 6) is -0.419. The van der Waals surface area contributed by atoms with Gasteiger partial charge >= 0.3 is 57.6 Å². The maximum atomic E-state index is 11.8. The Morgan fingerprint density at radius 3 is 1.75 bits per heavy atom. The Morgan fingerprint density at radius 1 is 1.00 bits per heavy atom. The van der Waals surface area contributed by atoms with Crippen LogP contribution in [0.4, 0.5) is 13.2 Å². The second kappa shape index (κ2) is 4.62. The van der Waals surface area contributed by atoms with Crippen LogP contribution in [0.5, 0.6) is 5.75 Å². The van der Waals surface area contributed by atoms with E-state index in [0.29, 0.717) is 0 Å². The molecule has 0 heterocycles. The first-order chi connectivity index (χ1) is 5.00. The number of hydrogen-bond acceptors (Lipinski definition) is 1. The summed E-state index contributed by atoms with van der Waals surface area (Å²) in [5.41, 5.74) is -0.794. The molecule has 0 bridgehead atoms. The first-order valence-corrected chi connectivity index (χ1v) is 2.84. The number of rotatable bonds is 0. The van der Waals surface area contributed by atoms with E-state index >= 15 is 0 Å². The molecule has 0 saturated carbocycles. The SMILES string of the molecule is [K+].[O-]c1ccc(C(F)(F)F)cc1. The second-order valence-corrected chi connectivity index (χ2v) is 2.02. The summed E-state index contributed by atoms with van der Waals surface area (Å²) in [4.78, 5) is 0. The summed E-state index contributed by atoms with van der Waals surface area (Å²) in [6.45, 7) is 0. The van der Waals surface area contributed by atoms with Gasteiger partial charge in [-0.1, -0.05) is 24.3 Å². The van der Waals surface area contributed by atoms with Crippen LogP contribution in [-0.2, 0) is 6.18 Å². The van der Waals surface area contributed by atoms with Crippen molar-refractivity contribution in [1.82, 2.24) is 0 Å². The largest absolute Gasteiger partial charge is 1.00 e. The van der Waals surface area contributed by atoms with E-state index in [4.69, 9.17) is 0 Å². The van der Waals surface area contributed by atoms with E-state index < -0.39 is 17.5 Å². The van der Waals surface area contributed by atoms with Crippen LogP contribution >= 0.6 is 0 Å². The average molecular weight is 200 g/mol. The number of halogens is 3. The standard InChI is InChI=1S/C7H5F3O.K/c8-7(9,10)5-1-3-6(11)4-2-5;/h1-4,11H;/q;+1/p-1. The summed E-state index contributed by atoms with van der Waals surface area (Å²) in [6, 6.07) is 3.32. The molecular weight excluding hydrogens is 196 g/mol. The summed E-state index contributed by atoms with van der Waals surface area (Å²) in [5, 5.41) is 10.4. The Morgan fingerprint density at radius 2 is 1.42 bits per heavy atom. The summed E-state index contributed by atoms with van der Waals surface area (Å²) >= 11 is 0. The summed E-state index contributed by atoms with van der Waals surface area (Å²) in [6.07, 6.45) is -4.35. The van der Waals surface area contributed by atoms with Crippen LogP contribution in [0.2, 0.25) is 0 Å². The third-order valence-corrected chi connectivity index (χ3v) is 1.18. The minimum absolute atomic E-state index is 0. The van der Waals surface area contributed by atoms with Crippen molar-refractivity contribution >= 4 is 0 Å². The van der Waals surface area contributed by atoms with Crippen LogP contribution in [0.15, 0.2) is 24.3 Å². The van der Waals surface area contributed by atoms with E-state index in [2.05, 4.69) is 0 Å². The molecular formula is C7H4F3KO. The molecule has 5 heteroatoms. The fraction of sp³-hybridized carbons (Fsp3) is 0.143. The van der Waals surface area contributed by atoms with Crippen LogP contribution in [0.1, 0.15) is 5.56 Å². The van der Waals surface area contributed by atoms with Crippen molar-refractivity contribution in [1.29, 1.82) is 0 Å². The minimum atomic E-state index is -4.35. The van der Waals surface area contributed by atoms with Crippen LogP contribution in [0.3, 0.4) is 0 Å². The van der Waals surface area contributed by atoms with Crippen molar-refractivity contribution in [2.24, 2.45) is 0 Å². The van der Waals surface area contributed by atoms with Gasteiger partial charge in [0.05, 0.1) is 5.56 Å². The van der Waals surface area contributed by atoms with Gasteiger partial charge in [-0.2, -0.15) is 13.2 Å². The van der Waals surface area contributed by atoms with E-state index in [9.17, 15) is 18.3 Å². The van der Waals surface area contributed by atoms with Crippen LogP contribution in [0, 0.1) is 0 Å². The van der Waals surface area contributed by atoms with Gasteiger partial charge < -0.3 is 5.11 Å². The molecule has 0 aliphatic carbocycles. The molecule has 0 unspecified atom stereocenters. The topological polar surface area (TPSA) is 23.1 Å². The van der Waals surface area contributed by atoms with Gasteiger partial charge in [0.25, 0.3) is 0 Å². The first-order valence-electron chi connectivity index (χ1n) is 2.84. The molecule has 0 aliphatic rings. The van der Waals surface area contributed by atoms with Crippen molar-refractivity contribution in [2.75, 3.05) is 0 Å². The van der Waals surface area contributed by atoms with Gasteiger partial charge in [-0.3, -0.25) is 0 Å². The average Bonchev–Trinajstić information content (AvgIpc) is 1.86. The zero-order chi connectivity index (χ0) is 8.48. The third-order valence-electron chi connectivity index (χ3n) is 1.18. The molecule has 60 valence electrons. The van der Waals surface area contributed by atoms with Gasteiger partial charge in [-0.15, -0.1) is 5.75 Å². The molecule has 1 aromatic rings. The molecule has 0 amide bonds. The van der Waals surface area contributed by atoms with Gasteiger partial charge in [-0.25, -0.2) is 0 Å². The van der Waals surface area contributed by atoms with Gasteiger partial charge in [0.2, 0.25) is 0 Å². The molecule has 12 heavy (non-hydrogen) atoms. The van der Waals surface area contributed by atoms with Crippen LogP contribution in [-0.4, -0.2) is 0 Å². The summed E-state index contributed by atoms with van der Waals surface area (Å²) < 4.78 is 35.5. The van der Waals surface area contributed by atoms with Crippen molar-refractivity contribution in [3.05, 3.63) is 29.8 Å². The van der Waals surface area contributed by atoms with Gasteiger partial charge in [-0.05, 0) is 0 Å². The van der Waals surface area contributed by atoms with Crippen molar-refractivity contribution in [3.63, 3.8) is 0 Å². The minimum Gasteiger partial charge on any atom is -0.872 e. The number of hydrogen-bond donors (Lipinski definition) is 0. The van der Waals surface area contributed by atoms with Gasteiger partial charge in [0.1, 0.15) is 0 Å². The smallest absolute Gasteiger partial charge is 0.872 e. The molecule has 1 nitrogen and oxygen atoms in total. The maximum absolute atomic E-state index is 11.8. The Hall–Kier alpha value is 0.446. The van der Waals surface area contributed by atoms with Crippen molar-refractivity contribution in [2.45, 2.75) is 6.18 Å². The van der Waals surface area contributed by atoms with Gasteiger partial charge in [0, 0.05) is 0 Å². The van der Waals surface area contributed by atoms with Gasteiger partial charge in [0.15, 0.2) is 0 Å². The maximum Gasteiger partial charge on any atom is 1.00 e. The Balaban J connectivity index is 0.00000121. The molecule has 0 spiro atoms. The normalized spacial score (nSPS) is 10.6. The molecule has 1 aromatic carbocycles. The monoisotopic (exact) mass is 200 g/mol. The first kappa shape index (κ1) is 12.4. The molecule has 0 saturated heterocycles. The Kier molecular flexibility index (Phi) is 4.79. The predicted octanol–water partition coefficient (Wildman–Crippen LogP) is -1.22. The second-order valence-electron chi connectivity index (χ2n) is 2.02. The number of alkyl halides is 3. The van der Waals surface area contributed by atoms with Crippen LogP contribution in [0.25, 0.3) is 0 Å². The predicted molar refractivity (Wildman–Crippen MR) is 30.9 cm³/mol. The zero-order valence-electron chi connectivity index (χ0n) is 6.35. The van der Waals surface area contributed by atoms with E-state index in [1.807, 2.05) is 0 Å². The third kappa shape index (κ3) is 3.45. The molecule has 0 aliphatic heterocycles. The quantitative estimate of drug-likeness (QED) is 0.482. The van der Waals surface area contributed by atoms with Crippen LogP contribution < -0.4 is 56.5 Å². The molecule has 0 atom stereocenters. The van der Waals surface area contributed by atoms with Crippen molar-refractivity contribution in [3.8, 4) is 5.75 Å². The summed E-state index contributed by atoms with van der Waals surface area (Å²) in [7, 11) is 0. The molecule has 1 rings (SSSR count). The fourth-order valence-corrected chi connectivity index (χ4v) is 0.644. The number of benzene rings is 1. The van der Waals surface area contributed by atoms with Crippen molar-refractivity contribution < 1.29 is 69.7 Å². The zero-order valence-corrected chi connectivity index (χ0v) is 9.47. The Bertz CT molecular complexity index is 242. The van der Waals surface area contributed by atoms with E-state index in [-0.39, 0.29) is 51.4 Å². The molecule has 0 aromatic heterocycles. The Labute approximate surface area is 110 Å².